The smallest absolute Gasteiger partial charge is 0.0431 e. The summed E-state index contributed by atoms with van der Waals surface area (Å²) in [6, 6.07) is 6.11. The van der Waals surface area contributed by atoms with Gasteiger partial charge in [0, 0.05) is 17.4 Å². The predicted octanol–water partition coefficient (Wildman–Crippen LogP) is 2.46. The van der Waals surface area contributed by atoms with Crippen molar-refractivity contribution in [3.63, 3.8) is 0 Å². The van der Waals surface area contributed by atoms with Crippen molar-refractivity contribution in [2.24, 2.45) is 5.73 Å². The predicted molar refractivity (Wildman–Crippen MR) is 58.0 cm³/mol. The molecule has 2 heteroatoms. The first-order valence-electron chi connectivity index (χ1n) is 5.39. The molecule has 0 bridgehead atoms. The summed E-state index contributed by atoms with van der Waals surface area (Å²) in [6.07, 6.45) is 6.59. The molecule has 1 heterocycles. The molecule has 14 heavy (non-hydrogen) atoms. The van der Waals surface area contributed by atoms with Crippen molar-refractivity contribution in [3.8, 4) is 0 Å². The first-order chi connectivity index (χ1) is 6.70. The van der Waals surface area contributed by atoms with Crippen molar-refractivity contribution in [1.29, 1.82) is 0 Å². The monoisotopic (exact) mass is 190 g/mol. The molecule has 2 rings (SSSR count). The van der Waals surface area contributed by atoms with Crippen LogP contribution in [-0.2, 0) is 0 Å². The number of hydrogen-bond donors (Lipinski definition) is 1. The SMILES string of the molecule is CC(CCC1(N)CC1)c1ccccn1. The molecule has 0 amide bonds. The van der Waals surface area contributed by atoms with Crippen molar-refractivity contribution in [2.45, 2.75) is 44.1 Å². The van der Waals surface area contributed by atoms with Crippen LogP contribution >= 0.6 is 0 Å². The Morgan fingerprint density at radius 3 is 2.86 bits per heavy atom. The molecule has 1 aromatic heterocycles. The molecular weight excluding hydrogens is 172 g/mol. The third kappa shape index (κ3) is 2.32. The summed E-state index contributed by atoms with van der Waals surface area (Å²) >= 11 is 0. The van der Waals surface area contributed by atoms with Crippen LogP contribution in [0, 0.1) is 0 Å². The maximum Gasteiger partial charge on any atom is 0.0431 e. The topological polar surface area (TPSA) is 38.9 Å². The minimum absolute atomic E-state index is 0.184. The standard InChI is InChI=1S/C12H18N2/c1-10(5-6-12(13)7-8-12)11-4-2-3-9-14-11/h2-4,9-10H,5-8,13H2,1H3. The third-order valence-corrected chi connectivity index (χ3v) is 3.16. The Kier molecular flexibility index (Phi) is 2.55. The molecule has 1 fully saturated rings. The Bertz CT molecular complexity index is 290. The highest BCUT2D eigenvalue weighted by Gasteiger charge is 2.37. The van der Waals surface area contributed by atoms with Gasteiger partial charge in [0.1, 0.15) is 0 Å². The first kappa shape index (κ1) is 9.66. The molecular formula is C12H18N2. The lowest BCUT2D eigenvalue weighted by molar-refractivity contribution is 0.527. The molecule has 1 saturated carbocycles. The fourth-order valence-electron chi connectivity index (χ4n) is 1.73. The molecule has 2 nitrogen and oxygen atoms in total. The van der Waals surface area contributed by atoms with Crippen LogP contribution in [0.5, 0.6) is 0 Å². The zero-order chi connectivity index (χ0) is 10.0. The molecule has 0 spiro atoms. The second kappa shape index (κ2) is 3.70. The number of rotatable bonds is 4. The van der Waals surface area contributed by atoms with Gasteiger partial charge in [0.15, 0.2) is 0 Å². The summed E-state index contributed by atoms with van der Waals surface area (Å²) < 4.78 is 0. The Morgan fingerprint density at radius 1 is 1.50 bits per heavy atom. The van der Waals surface area contributed by atoms with Gasteiger partial charge in [-0.25, -0.2) is 0 Å². The molecule has 0 radical (unpaired) electrons. The van der Waals surface area contributed by atoms with Gasteiger partial charge in [0.05, 0.1) is 0 Å². The van der Waals surface area contributed by atoms with Gasteiger partial charge < -0.3 is 5.73 Å². The zero-order valence-electron chi connectivity index (χ0n) is 8.74. The highest BCUT2D eigenvalue weighted by Crippen LogP contribution is 2.38. The van der Waals surface area contributed by atoms with Gasteiger partial charge in [-0.1, -0.05) is 13.0 Å². The average Bonchev–Trinajstić information content (AvgIpc) is 2.95. The van der Waals surface area contributed by atoms with Crippen LogP contribution in [0.15, 0.2) is 24.4 Å². The summed E-state index contributed by atoms with van der Waals surface area (Å²) in [4.78, 5) is 4.36. The van der Waals surface area contributed by atoms with Crippen LogP contribution in [-0.4, -0.2) is 10.5 Å². The highest BCUT2D eigenvalue weighted by molar-refractivity contribution is 5.09. The minimum atomic E-state index is 0.184. The van der Waals surface area contributed by atoms with Crippen molar-refractivity contribution < 1.29 is 0 Å². The Hall–Kier alpha value is -0.890. The molecule has 2 N–H and O–H groups in total. The molecule has 1 aliphatic rings. The van der Waals surface area contributed by atoms with E-state index >= 15 is 0 Å². The lowest BCUT2D eigenvalue weighted by Crippen LogP contribution is -2.21. The van der Waals surface area contributed by atoms with Gasteiger partial charge in [0.2, 0.25) is 0 Å². The van der Waals surface area contributed by atoms with E-state index in [-0.39, 0.29) is 5.54 Å². The number of aromatic nitrogens is 1. The summed E-state index contributed by atoms with van der Waals surface area (Å²) in [7, 11) is 0. The van der Waals surface area contributed by atoms with Crippen LogP contribution < -0.4 is 5.73 Å². The summed E-state index contributed by atoms with van der Waals surface area (Å²) in [5.74, 6) is 0.539. The molecule has 1 aromatic rings. The van der Waals surface area contributed by atoms with Crippen molar-refractivity contribution in [2.75, 3.05) is 0 Å². The van der Waals surface area contributed by atoms with E-state index in [1.54, 1.807) is 0 Å². The summed E-state index contributed by atoms with van der Waals surface area (Å²) in [5.41, 5.74) is 7.43. The Balaban J connectivity index is 1.86. The quantitative estimate of drug-likeness (QED) is 0.792. The van der Waals surface area contributed by atoms with E-state index < -0.39 is 0 Å². The molecule has 0 aliphatic heterocycles. The average molecular weight is 190 g/mol. The Labute approximate surface area is 85.5 Å². The largest absolute Gasteiger partial charge is 0.325 e. The normalized spacial score (nSPS) is 20.4. The Morgan fingerprint density at radius 2 is 2.29 bits per heavy atom. The van der Waals surface area contributed by atoms with Gasteiger partial charge in [-0.2, -0.15) is 0 Å². The third-order valence-electron chi connectivity index (χ3n) is 3.16. The van der Waals surface area contributed by atoms with E-state index in [4.69, 9.17) is 5.73 Å². The van der Waals surface area contributed by atoms with Gasteiger partial charge >= 0.3 is 0 Å². The lowest BCUT2D eigenvalue weighted by atomic mass is 9.97. The van der Waals surface area contributed by atoms with Crippen LogP contribution in [0.2, 0.25) is 0 Å². The molecule has 1 atom stereocenters. The minimum Gasteiger partial charge on any atom is -0.325 e. The van der Waals surface area contributed by atoms with Crippen molar-refractivity contribution in [3.05, 3.63) is 30.1 Å². The maximum absolute atomic E-state index is 6.05. The van der Waals surface area contributed by atoms with Crippen LogP contribution in [0.25, 0.3) is 0 Å². The van der Waals surface area contributed by atoms with E-state index in [2.05, 4.69) is 18.0 Å². The van der Waals surface area contributed by atoms with Crippen molar-refractivity contribution in [1.82, 2.24) is 4.98 Å². The van der Waals surface area contributed by atoms with Crippen LogP contribution in [0.3, 0.4) is 0 Å². The van der Waals surface area contributed by atoms with Gasteiger partial charge in [0.25, 0.3) is 0 Å². The van der Waals surface area contributed by atoms with E-state index in [1.807, 2.05) is 18.3 Å². The van der Waals surface area contributed by atoms with Gasteiger partial charge in [-0.3, -0.25) is 4.98 Å². The number of nitrogens with zero attached hydrogens (tertiary/aromatic N) is 1. The second-order valence-electron chi connectivity index (χ2n) is 4.56. The zero-order valence-corrected chi connectivity index (χ0v) is 8.74. The molecule has 1 aliphatic carbocycles. The highest BCUT2D eigenvalue weighted by atomic mass is 14.8. The lowest BCUT2D eigenvalue weighted by Gasteiger charge is -2.13. The second-order valence-corrected chi connectivity index (χ2v) is 4.56. The van der Waals surface area contributed by atoms with Gasteiger partial charge in [-0.15, -0.1) is 0 Å². The summed E-state index contributed by atoms with van der Waals surface area (Å²) in [5, 5.41) is 0. The molecule has 0 saturated heterocycles. The fraction of sp³-hybridized carbons (Fsp3) is 0.583. The summed E-state index contributed by atoms with van der Waals surface area (Å²) in [6.45, 7) is 2.23. The fourth-order valence-corrected chi connectivity index (χ4v) is 1.73. The number of hydrogen-bond acceptors (Lipinski definition) is 2. The van der Waals surface area contributed by atoms with Crippen LogP contribution in [0.1, 0.15) is 44.2 Å². The number of nitrogens with two attached hydrogens (primary N) is 1. The number of pyridine rings is 1. The van der Waals surface area contributed by atoms with E-state index in [9.17, 15) is 0 Å². The molecule has 76 valence electrons. The molecule has 1 unspecified atom stereocenters. The first-order valence-corrected chi connectivity index (χ1v) is 5.39. The van der Waals surface area contributed by atoms with E-state index in [0.717, 1.165) is 12.8 Å². The maximum atomic E-state index is 6.05. The van der Waals surface area contributed by atoms with E-state index in [1.165, 1.54) is 18.5 Å². The van der Waals surface area contributed by atoms with E-state index in [0.29, 0.717) is 5.92 Å². The van der Waals surface area contributed by atoms with Crippen LogP contribution in [0.4, 0.5) is 0 Å². The molecule has 0 aromatic carbocycles. The van der Waals surface area contributed by atoms with Crippen molar-refractivity contribution >= 4 is 0 Å². The van der Waals surface area contributed by atoms with Gasteiger partial charge in [-0.05, 0) is 43.7 Å².